The first-order valence-electron chi connectivity index (χ1n) is 7.99. The summed E-state index contributed by atoms with van der Waals surface area (Å²) in [6.07, 6.45) is 5.65. The number of hydrogen-bond acceptors (Lipinski definition) is 4. The summed E-state index contributed by atoms with van der Waals surface area (Å²) in [6, 6.07) is 6.56. The van der Waals surface area contributed by atoms with E-state index < -0.39 is 0 Å². The third-order valence-corrected chi connectivity index (χ3v) is 5.09. The van der Waals surface area contributed by atoms with Gasteiger partial charge in [0.05, 0.1) is 19.8 Å². The Hall–Kier alpha value is -1.52. The number of benzene rings is 1. The van der Waals surface area contributed by atoms with Gasteiger partial charge in [0.2, 0.25) is 0 Å². The van der Waals surface area contributed by atoms with E-state index in [9.17, 15) is 5.11 Å². The van der Waals surface area contributed by atoms with E-state index in [2.05, 4.69) is 30.2 Å². The predicted octanol–water partition coefficient (Wildman–Crippen LogP) is 2.36. The SMILES string of the molecule is CCOc1cc([C@@]23C=CC(O)CC2N(C)CC3)ccc1OC. The number of fused-ring (bicyclic) bond motifs is 1. The molecule has 1 fully saturated rings. The standard InChI is InChI=1S/C18H25NO3/c1-4-22-16-11-13(5-6-15(16)21-3)18-8-7-14(20)12-17(18)19(2)10-9-18/h5-8,11,14,17,20H,4,9-10,12H2,1-3H3/t14?,17?,18-/m0/s1. The van der Waals surface area contributed by atoms with Crippen molar-refractivity contribution in [2.24, 2.45) is 0 Å². The van der Waals surface area contributed by atoms with Gasteiger partial charge in [-0.25, -0.2) is 0 Å². The van der Waals surface area contributed by atoms with Crippen LogP contribution in [0.5, 0.6) is 11.5 Å². The highest BCUT2D eigenvalue weighted by Crippen LogP contribution is 2.47. The van der Waals surface area contributed by atoms with Crippen LogP contribution in [0.15, 0.2) is 30.4 Å². The number of aliphatic hydroxyl groups is 1. The van der Waals surface area contributed by atoms with Crippen LogP contribution in [0.1, 0.15) is 25.3 Å². The average molecular weight is 303 g/mol. The Morgan fingerprint density at radius 2 is 2.18 bits per heavy atom. The van der Waals surface area contributed by atoms with Gasteiger partial charge in [-0.05, 0) is 51.1 Å². The number of nitrogens with zero attached hydrogens (tertiary/aromatic N) is 1. The fourth-order valence-corrected chi connectivity index (χ4v) is 3.92. The number of ether oxygens (including phenoxy) is 2. The van der Waals surface area contributed by atoms with Crippen LogP contribution >= 0.6 is 0 Å². The Morgan fingerprint density at radius 3 is 2.91 bits per heavy atom. The van der Waals surface area contributed by atoms with Crippen LogP contribution in [-0.2, 0) is 5.41 Å². The summed E-state index contributed by atoms with van der Waals surface area (Å²) in [7, 11) is 3.81. The molecule has 120 valence electrons. The molecule has 0 aromatic heterocycles. The first-order valence-corrected chi connectivity index (χ1v) is 7.99. The Morgan fingerprint density at radius 1 is 1.36 bits per heavy atom. The van der Waals surface area contributed by atoms with E-state index in [4.69, 9.17) is 9.47 Å². The van der Waals surface area contributed by atoms with E-state index in [1.165, 1.54) is 5.56 Å². The van der Waals surface area contributed by atoms with Crippen molar-refractivity contribution >= 4 is 0 Å². The fourth-order valence-electron chi connectivity index (χ4n) is 3.92. The van der Waals surface area contributed by atoms with Crippen LogP contribution < -0.4 is 9.47 Å². The maximum atomic E-state index is 10.00. The largest absolute Gasteiger partial charge is 0.493 e. The molecular formula is C18H25NO3. The lowest BCUT2D eigenvalue weighted by atomic mass is 9.69. The molecule has 1 aromatic carbocycles. The molecule has 3 atom stereocenters. The van der Waals surface area contributed by atoms with Crippen molar-refractivity contribution in [2.45, 2.75) is 37.3 Å². The van der Waals surface area contributed by atoms with Gasteiger partial charge >= 0.3 is 0 Å². The van der Waals surface area contributed by atoms with Crippen LogP contribution in [0.2, 0.25) is 0 Å². The molecule has 1 aliphatic heterocycles. The van der Waals surface area contributed by atoms with Crippen molar-refractivity contribution in [3.05, 3.63) is 35.9 Å². The summed E-state index contributed by atoms with van der Waals surface area (Å²) in [5.74, 6) is 1.56. The lowest BCUT2D eigenvalue weighted by Crippen LogP contribution is -2.44. The third kappa shape index (κ3) is 2.40. The highest BCUT2D eigenvalue weighted by molar-refractivity contribution is 5.48. The second-order valence-electron chi connectivity index (χ2n) is 6.25. The van der Waals surface area contributed by atoms with Crippen molar-refractivity contribution in [3.8, 4) is 11.5 Å². The predicted molar refractivity (Wildman–Crippen MR) is 86.6 cm³/mol. The van der Waals surface area contributed by atoms with E-state index in [1.807, 2.05) is 19.1 Å². The number of methoxy groups -OCH3 is 1. The topological polar surface area (TPSA) is 41.9 Å². The molecule has 1 aliphatic carbocycles. The third-order valence-electron chi connectivity index (χ3n) is 5.09. The molecule has 1 heterocycles. The van der Waals surface area contributed by atoms with Gasteiger partial charge in [0, 0.05) is 11.5 Å². The summed E-state index contributed by atoms with van der Waals surface area (Å²) in [6.45, 7) is 3.63. The number of hydrogen-bond donors (Lipinski definition) is 1. The van der Waals surface area contributed by atoms with E-state index in [-0.39, 0.29) is 11.5 Å². The van der Waals surface area contributed by atoms with Gasteiger partial charge in [-0.2, -0.15) is 0 Å². The Kier molecular flexibility index (Phi) is 4.15. The summed E-state index contributed by atoms with van der Waals surface area (Å²) in [5, 5.41) is 10.00. The van der Waals surface area contributed by atoms with Gasteiger partial charge in [0.1, 0.15) is 0 Å². The normalized spacial score (nSPS) is 31.1. The number of aliphatic hydroxyl groups excluding tert-OH is 1. The van der Waals surface area contributed by atoms with Crippen LogP contribution in [0.25, 0.3) is 0 Å². The molecular weight excluding hydrogens is 278 g/mol. The number of likely N-dealkylation sites (tertiary alicyclic amines) is 1. The van der Waals surface area contributed by atoms with Crippen molar-refractivity contribution < 1.29 is 14.6 Å². The minimum absolute atomic E-state index is 0.0356. The molecule has 22 heavy (non-hydrogen) atoms. The maximum absolute atomic E-state index is 10.00. The molecule has 0 radical (unpaired) electrons. The zero-order valence-corrected chi connectivity index (χ0v) is 13.6. The van der Waals surface area contributed by atoms with Crippen LogP contribution in [0, 0.1) is 0 Å². The number of likely N-dealkylation sites (N-methyl/N-ethyl adjacent to an activating group) is 1. The molecule has 4 nitrogen and oxygen atoms in total. The van der Waals surface area contributed by atoms with E-state index >= 15 is 0 Å². The van der Waals surface area contributed by atoms with Crippen LogP contribution in [0.4, 0.5) is 0 Å². The molecule has 2 aliphatic rings. The maximum Gasteiger partial charge on any atom is 0.161 e. The molecule has 1 aromatic rings. The zero-order valence-electron chi connectivity index (χ0n) is 13.6. The van der Waals surface area contributed by atoms with E-state index in [1.54, 1.807) is 7.11 Å². The van der Waals surface area contributed by atoms with Crippen LogP contribution in [0.3, 0.4) is 0 Å². The fraction of sp³-hybridized carbons (Fsp3) is 0.556. The summed E-state index contributed by atoms with van der Waals surface area (Å²) >= 11 is 0. The highest BCUT2D eigenvalue weighted by Gasteiger charge is 2.48. The van der Waals surface area contributed by atoms with Crippen molar-refractivity contribution in [1.82, 2.24) is 4.90 Å². The zero-order chi connectivity index (χ0) is 15.7. The molecule has 4 heteroatoms. The molecule has 2 unspecified atom stereocenters. The van der Waals surface area contributed by atoms with Gasteiger partial charge in [0.25, 0.3) is 0 Å². The lowest BCUT2D eigenvalue weighted by molar-refractivity contribution is 0.137. The quantitative estimate of drug-likeness (QED) is 0.867. The smallest absolute Gasteiger partial charge is 0.161 e. The van der Waals surface area contributed by atoms with Gasteiger partial charge in [-0.1, -0.05) is 18.2 Å². The van der Waals surface area contributed by atoms with Gasteiger partial charge < -0.3 is 19.5 Å². The summed E-state index contributed by atoms with van der Waals surface area (Å²) < 4.78 is 11.1. The van der Waals surface area contributed by atoms with E-state index in [0.29, 0.717) is 12.6 Å². The van der Waals surface area contributed by atoms with Crippen LogP contribution in [-0.4, -0.2) is 49.5 Å². The Bertz CT molecular complexity index is 571. The summed E-state index contributed by atoms with van der Waals surface area (Å²) in [5.41, 5.74) is 1.21. The molecule has 0 bridgehead atoms. The highest BCUT2D eigenvalue weighted by atomic mass is 16.5. The lowest BCUT2D eigenvalue weighted by Gasteiger charge is -2.39. The molecule has 0 saturated carbocycles. The van der Waals surface area contributed by atoms with Gasteiger partial charge in [-0.3, -0.25) is 0 Å². The summed E-state index contributed by atoms with van der Waals surface area (Å²) in [4.78, 5) is 2.36. The van der Waals surface area contributed by atoms with Crippen molar-refractivity contribution in [1.29, 1.82) is 0 Å². The molecule has 0 amide bonds. The second kappa shape index (κ2) is 5.94. The Labute approximate surface area is 132 Å². The first-order chi connectivity index (χ1) is 10.6. The second-order valence-corrected chi connectivity index (χ2v) is 6.25. The molecule has 0 spiro atoms. The molecule has 3 rings (SSSR count). The van der Waals surface area contributed by atoms with Crippen molar-refractivity contribution in [2.75, 3.05) is 27.3 Å². The Balaban J connectivity index is 2.05. The minimum atomic E-state index is -0.344. The van der Waals surface area contributed by atoms with Gasteiger partial charge in [0.15, 0.2) is 11.5 Å². The molecule has 1 N–H and O–H groups in total. The molecule has 1 saturated heterocycles. The van der Waals surface area contributed by atoms with E-state index in [0.717, 1.165) is 30.9 Å². The van der Waals surface area contributed by atoms with Crippen molar-refractivity contribution in [3.63, 3.8) is 0 Å². The average Bonchev–Trinajstić information content (AvgIpc) is 2.86. The first kappa shape index (κ1) is 15.4. The number of rotatable bonds is 4. The minimum Gasteiger partial charge on any atom is -0.493 e. The van der Waals surface area contributed by atoms with Gasteiger partial charge in [-0.15, -0.1) is 0 Å². The monoisotopic (exact) mass is 303 g/mol.